The molecule has 0 aliphatic rings. The molecule has 0 fully saturated rings. The van der Waals surface area contributed by atoms with Gasteiger partial charge in [0.1, 0.15) is 5.75 Å². The van der Waals surface area contributed by atoms with E-state index in [4.69, 9.17) is 4.74 Å². The molecular weight excluding hydrogens is 356 g/mol. The zero-order chi connectivity index (χ0) is 16.8. The van der Waals surface area contributed by atoms with Crippen molar-refractivity contribution in [1.29, 1.82) is 0 Å². The fourth-order valence-corrected chi connectivity index (χ4v) is 2.81. The van der Waals surface area contributed by atoms with Gasteiger partial charge in [-0.3, -0.25) is 0 Å². The van der Waals surface area contributed by atoms with Crippen LogP contribution in [0, 0.1) is 0 Å². The first kappa shape index (κ1) is 17.3. The van der Waals surface area contributed by atoms with Crippen LogP contribution in [0.3, 0.4) is 0 Å². The third kappa shape index (κ3) is 4.99. The number of halogens is 1. The van der Waals surface area contributed by atoms with Gasteiger partial charge in [0.25, 0.3) is 0 Å². The lowest BCUT2D eigenvalue weighted by Gasteiger charge is -2.18. The minimum absolute atomic E-state index is 0.0419. The smallest absolute Gasteiger partial charge is 0.319 e. The highest BCUT2D eigenvalue weighted by Crippen LogP contribution is 2.26. The highest BCUT2D eigenvalue weighted by molar-refractivity contribution is 9.10. The van der Waals surface area contributed by atoms with Gasteiger partial charge in [-0.15, -0.1) is 0 Å². The second-order valence-electron chi connectivity index (χ2n) is 5.50. The van der Waals surface area contributed by atoms with Crippen LogP contribution < -0.4 is 15.4 Å². The SMILES string of the molecule is CC(C)Oc1ccccc1NC(=O)NC(C)c1ccccc1Br. The number of nitrogens with one attached hydrogen (secondary N) is 2. The third-order valence-electron chi connectivity index (χ3n) is 3.22. The second kappa shape index (κ2) is 8.02. The Hall–Kier alpha value is -2.01. The van der Waals surface area contributed by atoms with E-state index in [1.54, 1.807) is 0 Å². The molecule has 0 saturated carbocycles. The van der Waals surface area contributed by atoms with Gasteiger partial charge in [0.2, 0.25) is 0 Å². The van der Waals surface area contributed by atoms with Crippen LogP contribution in [0.5, 0.6) is 5.75 Å². The molecule has 5 heteroatoms. The molecule has 2 aromatic rings. The van der Waals surface area contributed by atoms with Gasteiger partial charge in [-0.25, -0.2) is 4.79 Å². The molecule has 0 radical (unpaired) electrons. The van der Waals surface area contributed by atoms with Gasteiger partial charge in [-0.2, -0.15) is 0 Å². The summed E-state index contributed by atoms with van der Waals surface area (Å²) in [5, 5.41) is 5.78. The number of urea groups is 1. The van der Waals surface area contributed by atoms with E-state index in [0.29, 0.717) is 11.4 Å². The first-order valence-corrected chi connectivity index (χ1v) is 8.34. The number of carbonyl (C=O) groups excluding carboxylic acids is 1. The van der Waals surface area contributed by atoms with Crippen LogP contribution in [0.1, 0.15) is 32.4 Å². The second-order valence-corrected chi connectivity index (χ2v) is 6.36. The molecule has 0 aliphatic heterocycles. The molecule has 0 bridgehead atoms. The fraction of sp³-hybridized carbons (Fsp3) is 0.278. The summed E-state index contributed by atoms with van der Waals surface area (Å²) in [7, 11) is 0. The Kier molecular flexibility index (Phi) is 6.04. The molecular formula is C18H21BrN2O2. The highest BCUT2D eigenvalue weighted by Gasteiger charge is 2.13. The van der Waals surface area contributed by atoms with Crippen molar-refractivity contribution in [2.45, 2.75) is 32.9 Å². The van der Waals surface area contributed by atoms with E-state index in [1.165, 1.54) is 0 Å². The molecule has 2 N–H and O–H groups in total. The van der Waals surface area contributed by atoms with Crippen molar-refractivity contribution >= 4 is 27.6 Å². The van der Waals surface area contributed by atoms with E-state index < -0.39 is 0 Å². The molecule has 0 aromatic heterocycles. The van der Waals surface area contributed by atoms with Crippen LogP contribution >= 0.6 is 15.9 Å². The lowest BCUT2D eigenvalue weighted by atomic mass is 10.1. The van der Waals surface area contributed by atoms with Crippen molar-refractivity contribution in [1.82, 2.24) is 5.32 Å². The van der Waals surface area contributed by atoms with Crippen LogP contribution in [0.4, 0.5) is 10.5 Å². The molecule has 23 heavy (non-hydrogen) atoms. The maximum Gasteiger partial charge on any atom is 0.319 e. The minimum Gasteiger partial charge on any atom is -0.489 e. The number of benzene rings is 2. The molecule has 0 aliphatic carbocycles. The molecule has 0 saturated heterocycles. The highest BCUT2D eigenvalue weighted by atomic mass is 79.9. The Balaban J connectivity index is 2.04. The maximum absolute atomic E-state index is 12.3. The van der Waals surface area contributed by atoms with E-state index in [0.717, 1.165) is 10.0 Å². The molecule has 2 aromatic carbocycles. The van der Waals surface area contributed by atoms with Crippen molar-refractivity contribution in [3.8, 4) is 5.75 Å². The Labute approximate surface area is 145 Å². The van der Waals surface area contributed by atoms with Gasteiger partial charge in [-0.05, 0) is 44.5 Å². The van der Waals surface area contributed by atoms with Gasteiger partial charge in [0, 0.05) is 4.47 Å². The molecule has 122 valence electrons. The van der Waals surface area contributed by atoms with Gasteiger partial charge >= 0.3 is 6.03 Å². The first-order valence-electron chi connectivity index (χ1n) is 7.55. The van der Waals surface area contributed by atoms with Crippen LogP contribution in [0.2, 0.25) is 0 Å². The third-order valence-corrected chi connectivity index (χ3v) is 3.94. The summed E-state index contributed by atoms with van der Waals surface area (Å²) >= 11 is 3.50. The predicted molar refractivity (Wildman–Crippen MR) is 96.9 cm³/mol. The number of amides is 2. The predicted octanol–water partition coefficient (Wildman–Crippen LogP) is 5.12. The quantitative estimate of drug-likeness (QED) is 0.760. The summed E-state index contributed by atoms with van der Waals surface area (Å²) in [4.78, 5) is 12.3. The minimum atomic E-state index is -0.270. The van der Waals surface area contributed by atoms with E-state index in [9.17, 15) is 4.79 Å². The number of para-hydroxylation sites is 2. The Morgan fingerprint density at radius 3 is 2.39 bits per heavy atom. The lowest BCUT2D eigenvalue weighted by Crippen LogP contribution is -2.31. The summed E-state index contributed by atoms with van der Waals surface area (Å²) in [6.45, 7) is 5.84. The summed E-state index contributed by atoms with van der Waals surface area (Å²) < 4.78 is 6.67. The Bertz CT molecular complexity index is 674. The van der Waals surface area contributed by atoms with Crippen LogP contribution in [0.15, 0.2) is 53.0 Å². The first-order chi connectivity index (χ1) is 11.0. The summed E-state index contributed by atoms with van der Waals surface area (Å²) in [5.41, 5.74) is 1.67. The van der Waals surface area contributed by atoms with Crippen molar-refractivity contribution in [3.05, 3.63) is 58.6 Å². The zero-order valence-electron chi connectivity index (χ0n) is 13.5. The van der Waals surface area contributed by atoms with Gasteiger partial charge < -0.3 is 15.4 Å². The van der Waals surface area contributed by atoms with E-state index in [2.05, 4.69) is 26.6 Å². The summed E-state index contributed by atoms with van der Waals surface area (Å²) in [6.07, 6.45) is 0.0419. The largest absolute Gasteiger partial charge is 0.489 e. The van der Waals surface area contributed by atoms with Crippen molar-refractivity contribution in [2.24, 2.45) is 0 Å². The van der Waals surface area contributed by atoms with Crippen LogP contribution in [-0.4, -0.2) is 12.1 Å². The average molecular weight is 377 g/mol. The molecule has 0 spiro atoms. The number of rotatable bonds is 5. The number of hydrogen-bond acceptors (Lipinski definition) is 2. The topological polar surface area (TPSA) is 50.4 Å². The normalized spacial score (nSPS) is 11.9. The van der Waals surface area contributed by atoms with Crippen molar-refractivity contribution in [2.75, 3.05) is 5.32 Å². The number of hydrogen-bond donors (Lipinski definition) is 2. The standard InChI is InChI=1S/C18H21BrN2O2/c1-12(2)23-17-11-7-6-10-16(17)21-18(22)20-13(3)14-8-4-5-9-15(14)19/h4-13H,1-3H3,(H2,20,21,22). The fourth-order valence-electron chi connectivity index (χ4n) is 2.19. The summed E-state index contributed by atoms with van der Waals surface area (Å²) in [5.74, 6) is 0.659. The lowest BCUT2D eigenvalue weighted by molar-refractivity contribution is 0.241. The van der Waals surface area contributed by atoms with Crippen LogP contribution in [0.25, 0.3) is 0 Å². The van der Waals surface area contributed by atoms with Gasteiger partial charge in [0.05, 0.1) is 17.8 Å². The maximum atomic E-state index is 12.3. The van der Waals surface area contributed by atoms with Crippen molar-refractivity contribution < 1.29 is 9.53 Å². The zero-order valence-corrected chi connectivity index (χ0v) is 15.1. The van der Waals surface area contributed by atoms with Gasteiger partial charge in [0.15, 0.2) is 0 Å². The molecule has 0 heterocycles. The van der Waals surface area contributed by atoms with Crippen LogP contribution in [-0.2, 0) is 0 Å². The van der Waals surface area contributed by atoms with E-state index in [1.807, 2.05) is 69.3 Å². The number of anilines is 1. The Morgan fingerprint density at radius 1 is 1.04 bits per heavy atom. The Morgan fingerprint density at radius 2 is 1.70 bits per heavy atom. The van der Waals surface area contributed by atoms with E-state index >= 15 is 0 Å². The van der Waals surface area contributed by atoms with Crippen molar-refractivity contribution in [3.63, 3.8) is 0 Å². The average Bonchev–Trinajstić information content (AvgIpc) is 2.49. The van der Waals surface area contributed by atoms with Gasteiger partial charge in [-0.1, -0.05) is 46.3 Å². The molecule has 2 amide bonds. The molecule has 2 rings (SSSR count). The monoisotopic (exact) mass is 376 g/mol. The molecule has 1 unspecified atom stereocenters. The summed E-state index contributed by atoms with van der Waals surface area (Å²) in [6, 6.07) is 14.8. The van der Waals surface area contributed by atoms with E-state index in [-0.39, 0.29) is 18.2 Å². The number of carbonyl (C=O) groups is 1. The molecule has 1 atom stereocenters. The molecule has 4 nitrogen and oxygen atoms in total. The number of ether oxygens (including phenoxy) is 1.